The van der Waals surface area contributed by atoms with E-state index in [1.54, 1.807) is 11.8 Å². The van der Waals surface area contributed by atoms with Gasteiger partial charge in [-0.3, -0.25) is 4.79 Å². The number of hydrogen-bond donors (Lipinski definition) is 0. The highest BCUT2D eigenvalue weighted by Gasteiger charge is 2.12. The van der Waals surface area contributed by atoms with Crippen LogP contribution in [-0.4, -0.2) is 11.5 Å². The highest BCUT2D eigenvalue weighted by atomic mass is 32.2. The van der Waals surface area contributed by atoms with Gasteiger partial charge in [0.05, 0.1) is 5.75 Å². The number of thioether (sulfide) groups is 1. The molecule has 0 bridgehead atoms. The number of aryl methyl sites for hydroxylation is 1. The second kappa shape index (κ2) is 6.25. The fourth-order valence-electron chi connectivity index (χ4n) is 1.46. The molecular weight excluding hydrogens is 228 g/mol. The molecule has 0 N–H and O–H groups in total. The van der Waals surface area contributed by atoms with E-state index in [0.29, 0.717) is 18.0 Å². The highest BCUT2D eigenvalue weighted by Crippen LogP contribution is 2.23. The van der Waals surface area contributed by atoms with E-state index in [0.717, 1.165) is 6.42 Å². The fourth-order valence-corrected chi connectivity index (χ4v) is 2.37. The Labute approximate surface area is 109 Å². The van der Waals surface area contributed by atoms with Crippen LogP contribution in [0.4, 0.5) is 0 Å². The SMILES string of the molecule is Cc1cccc(SCC(=O)CCC(C)(C)C)c1. The summed E-state index contributed by atoms with van der Waals surface area (Å²) < 4.78 is 0. The number of benzene rings is 1. The molecule has 1 aromatic carbocycles. The Balaban J connectivity index is 2.33. The van der Waals surface area contributed by atoms with Crippen molar-refractivity contribution < 1.29 is 4.79 Å². The third-order valence-electron chi connectivity index (χ3n) is 2.54. The minimum absolute atomic E-state index is 0.254. The first-order valence-electron chi connectivity index (χ1n) is 6.08. The molecule has 0 aromatic heterocycles. The zero-order valence-electron chi connectivity index (χ0n) is 11.2. The Hall–Kier alpha value is -0.760. The highest BCUT2D eigenvalue weighted by molar-refractivity contribution is 8.00. The van der Waals surface area contributed by atoms with Crippen LogP contribution in [0.15, 0.2) is 29.2 Å². The molecule has 0 aliphatic heterocycles. The molecule has 0 aliphatic carbocycles. The van der Waals surface area contributed by atoms with Gasteiger partial charge >= 0.3 is 0 Å². The van der Waals surface area contributed by atoms with E-state index < -0.39 is 0 Å². The summed E-state index contributed by atoms with van der Waals surface area (Å²) in [7, 11) is 0. The summed E-state index contributed by atoms with van der Waals surface area (Å²) in [6, 6.07) is 8.30. The van der Waals surface area contributed by atoms with Crippen LogP contribution in [0.2, 0.25) is 0 Å². The van der Waals surface area contributed by atoms with E-state index >= 15 is 0 Å². The van der Waals surface area contributed by atoms with Gasteiger partial charge in [0.2, 0.25) is 0 Å². The van der Waals surface area contributed by atoms with Gasteiger partial charge in [-0.2, -0.15) is 0 Å². The van der Waals surface area contributed by atoms with Gasteiger partial charge < -0.3 is 0 Å². The number of rotatable bonds is 5. The summed E-state index contributed by atoms with van der Waals surface area (Å²) in [5.74, 6) is 0.950. The fraction of sp³-hybridized carbons (Fsp3) is 0.533. The molecule has 0 fully saturated rings. The van der Waals surface area contributed by atoms with Crippen LogP contribution in [0.3, 0.4) is 0 Å². The second-order valence-electron chi connectivity index (χ2n) is 5.70. The third-order valence-corrected chi connectivity index (χ3v) is 3.60. The van der Waals surface area contributed by atoms with Crippen molar-refractivity contribution in [3.63, 3.8) is 0 Å². The van der Waals surface area contributed by atoms with Crippen LogP contribution in [0.1, 0.15) is 39.2 Å². The summed E-state index contributed by atoms with van der Waals surface area (Å²) >= 11 is 1.64. The molecule has 1 rings (SSSR count). The average molecular weight is 250 g/mol. The minimum Gasteiger partial charge on any atom is -0.299 e. The molecule has 0 heterocycles. The van der Waals surface area contributed by atoms with Crippen molar-refractivity contribution in [2.75, 3.05) is 5.75 Å². The predicted molar refractivity (Wildman–Crippen MR) is 75.6 cm³/mol. The zero-order chi connectivity index (χ0) is 12.9. The molecule has 1 aromatic rings. The molecule has 0 atom stereocenters. The molecule has 0 aliphatic rings. The molecule has 0 spiro atoms. The predicted octanol–water partition coefficient (Wildman–Crippen LogP) is 4.48. The largest absolute Gasteiger partial charge is 0.299 e. The van der Waals surface area contributed by atoms with E-state index in [1.165, 1.54) is 10.5 Å². The van der Waals surface area contributed by atoms with Crippen LogP contribution >= 0.6 is 11.8 Å². The normalized spacial score (nSPS) is 11.5. The van der Waals surface area contributed by atoms with Gasteiger partial charge in [0, 0.05) is 11.3 Å². The van der Waals surface area contributed by atoms with Gasteiger partial charge in [0.15, 0.2) is 0 Å². The third kappa shape index (κ3) is 6.52. The van der Waals surface area contributed by atoms with Gasteiger partial charge in [-0.05, 0) is 30.9 Å². The topological polar surface area (TPSA) is 17.1 Å². The minimum atomic E-state index is 0.254. The molecule has 17 heavy (non-hydrogen) atoms. The van der Waals surface area contributed by atoms with Gasteiger partial charge in [-0.15, -0.1) is 11.8 Å². The van der Waals surface area contributed by atoms with Crippen molar-refractivity contribution in [2.24, 2.45) is 5.41 Å². The Bertz CT molecular complexity index is 377. The van der Waals surface area contributed by atoms with Crippen molar-refractivity contribution in [1.82, 2.24) is 0 Å². The molecule has 1 nitrogen and oxygen atoms in total. The smallest absolute Gasteiger partial charge is 0.143 e. The van der Waals surface area contributed by atoms with Crippen molar-refractivity contribution in [3.05, 3.63) is 29.8 Å². The molecule has 0 radical (unpaired) electrons. The monoisotopic (exact) mass is 250 g/mol. The summed E-state index contributed by atoms with van der Waals surface area (Å²) in [6.45, 7) is 8.60. The maximum atomic E-state index is 11.7. The Morgan fingerprint density at radius 1 is 1.29 bits per heavy atom. The lowest BCUT2D eigenvalue weighted by atomic mass is 9.90. The van der Waals surface area contributed by atoms with Gasteiger partial charge in [0.1, 0.15) is 5.78 Å². The number of carbonyl (C=O) groups is 1. The molecule has 2 heteroatoms. The summed E-state index contributed by atoms with van der Waals surface area (Å²) in [4.78, 5) is 12.9. The molecule has 0 saturated heterocycles. The van der Waals surface area contributed by atoms with Crippen LogP contribution in [0.25, 0.3) is 0 Å². The van der Waals surface area contributed by atoms with Crippen LogP contribution < -0.4 is 0 Å². The maximum absolute atomic E-state index is 11.7. The molecule has 94 valence electrons. The summed E-state index contributed by atoms with van der Waals surface area (Å²) in [6.07, 6.45) is 1.67. The first-order valence-corrected chi connectivity index (χ1v) is 7.06. The second-order valence-corrected chi connectivity index (χ2v) is 6.75. The standard InChI is InChI=1S/C15H22OS/c1-12-6-5-7-14(10-12)17-11-13(16)8-9-15(2,3)4/h5-7,10H,8-9,11H2,1-4H3. The molecule has 0 unspecified atom stereocenters. The van der Waals surface area contributed by atoms with Crippen LogP contribution in [0, 0.1) is 12.3 Å². The lowest BCUT2D eigenvalue weighted by molar-refractivity contribution is -0.117. The molecular formula is C15H22OS. The van der Waals surface area contributed by atoms with E-state index in [2.05, 4.69) is 45.9 Å². The quantitative estimate of drug-likeness (QED) is 0.717. The van der Waals surface area contributed by atoms with E-state index in [9.17, 15) is 4.79 Å². The first kappa shape index (κ1) is 14.3. The van der Waals surface area contributed by atoms with Crippen molar-refractivity contribution in [2.45, 2.75) is 45.4 Å². The van der Waals surface area contributed by atoms with Crippen LogP contribution in [-0.2, 0) is 4.79 Å². The number of ketones is 1. The van der Waals surface area contributed by atoms with Crippen molar-refractivity contribution in [1.29, 1.82) is 0 Å². The number of hydrogen-bond acceptors (Lipinski definition) is 2. The Kier molecular flexibility index (Phi) is 5.26. The maximum Gasteiger partial charge on any atom is 0.143 e. The lowest BCUT2D eigenvalue weighted by Gasteiger charge is -2.16. The Morgan fingerprint density at radius 3 is 2.59 bits per heavy atom. The number of carbonyl (C=O) groups excluding carboxylic acids is 1. The van der Waals surface area contributed by atoms with Gasteiger partial charge in [-0.1, -0.05) is 38.5 Å². The molecule has 0 amide bonds. The van der Waals surface area contributed by atoms with Gasteiger partial charge in [-0.25, -0.2) is 0 Å². The summed E-state index contributed by atoms with van der Waals surface area (Å²) in [5, 5.41) is 0. The lowest BCUT2D eigenvalue weighted by Crippen LogP contribution is -2.10. The number of Topliss-reactive ketones (excluding diaryl/α,β-unsaturated/α-hetero) is 1. The van der Waals surface area contributed by atoms with E-state index in [1.807, 2.05) is 6.07 Å². The summed E-state index contributed by atoms with van der Waals surface area (Å²) in [5.41, 5.74) is 1.50. The zero-order valence-corrected chi connectivity index (χ0v) is 12.1. The Morgan fingerprint density at radius 2 is 2.00 bits per heavy atom. The van der Waals surface area contributed by atoms with Crippen molar-refractivity contribution in [3.8, 4) is 0 Å². The average Bonchev–Trinajstić information content (AvgIpc) is 2.23. The van der Waals surface area contributed by atoms with Gasteiger partial charge in [0.25, 0.3) is 0 Å². The van der Waals surface area contributed by atoms with E-state index in [4.69, 9.17) is 0 Å². The molecule has 0 saturated carbocycles. The first-order chi connectivity index (χ1) is 7.87. The van der Waals surface area contributed by atoms with Crippen LogP contribution in [0.5, 0.6) is 0 Å². The van der Waals surface area contributed by atoms with E-state index in [-0.39, 0.29) is 5.41 Å². The van der Waals surface area contributed by atoms with Crippen molar-refractivity contribution >= 4 is 17.5 Å².